The number of aromatic nitrogens is 4. The Balaban J connectivity index is 1.93. The molecule has 0 aliphatic carbocycles. The second-order valence-corrected chi connectivity index (χ2v) is 3.96. The lowest BCUT2D eigenvalue weighted by molar-refractivity contribution is 0.808. The second kappa shape index (κ2) is 4.79. The first-order valence-electron chi connectivity index (χ1n) is 5.77. The maximum atomic E-state index is 4.31. The summed E-state index contributed by atoms with van der Waals surface area (Å²) in [6.07, 6.45) is 5.86. The SMILES string of the molecule is c1ccc(Cc2ncnn2-c2cccnc2)cc1. The Morgan fingerprint density at radius 2 is 1.89 bits per heavy atom. The average Bonchev–Trinajstić information content (AvgIpc) is 2.89. The minimum atomic E-state index is 0.760. The predicted molar refractivity (Wildman–Crippen MR) is 68.4 cm³/mol. The van der Waals surface area contributed by atoms with Gasteiger partial charge in [-0.3, -0.25) is 4.98 Å². The molecule has 4 nitrogen and oxygen atoms in total. The quantitative estimate of drug-likeness (QED) is 0.700. The fourth-order valence-corrected chi connectivity index (χ4v) is 1.86. The van der Waals surface area contributed by atoms with Crippen LogP contribution in [0.4, 0.5) is 0 Å². The predicted octanol–water partition coefficient (Wildman–Crippen LogP) is 2.25. The summed E-state index contributed by atoms with van der Waals surface area (Å²) in [7, 11) is 0. The van der Waals surface area contributed by atoms with Gasteiger partial charge in [0.1, 0.15) is 12.2 Å². The molecule has 0 saturated heterocycles. The first-order chi connectivity index (χ1) is 8.93. The van der Waals surface area contributed by atoms with Crippen LogP contribution in [-0.4, -0.2) is 19.7 Å². The molecular weight excluding hydrogens is 224 g/mol. The molecule has 0 N–H and O–H groups in total. The van der Waals surface area contributed by atoms with Crippen LogP contribution >= 0.6 is 0 Å². The van der Waals surface area contributed by atoms with Gasteiger partial charge in [0.25, 0.3) is 0 Å². The molecule has 3 rings (SSSR count). The van der Waals surface area contributed by atoms with E-state index in [0.29, 0.717) is 0 Å². The maximum Gasteiger partial charge on any atom is 0.138 e. The van der Waals surface area contributed by atoms with E-state index >= 15 is 0 Å². The molecule has 0 radical (unpaired) electrons. The molecule has 0 unspecified atom stereocenters. The molecule has 88 valence electrons. The van der Waals surface area contributed by atoms with Crippen molar-refractivity contribution >= 4 is 0 Å². The number of nitrogens with zero attached hydrogens (tertiary/aromatic N) is 4. The Hall–Kier alpha value is -2.49. The lowest BCUT2D eigenvalue weighted by Crippen LogP contribution is -2.04. The highest BCUT2D eigenvalue weighted by Gasteiger charge is 2.07. The molecule has 0 bridgehead atoms. The summed E-state index contributed by atoms with van der Waals surface area (Å²) < 4.78 is 1.82. The van der Waals surface area contributed by atoms with Crippen molar-refractivity contribution in [1.82, 2.24) is 19.7 Å². The third kappa shape index (κ3) is 2.13. The molecule has 0 aliphatic heterocycles. The summed E-state index contributed by atoms with van der Waals surface area (Å²) in [5.74, 6) is 0.911. The summed E-state index contributed by atoms with van der Waals surface area (Å²) in [6, 6.07) is 14.1. The largest absolute Gasteiger partial charge is 0.262 e. The van der Waals surface area contributed by atoms with Crippen LogP contribution in [-0.2, 0) is 6.42 Å². The van der Waals surface area contributed by atoms with Crippen LogP contribution in [0, 0.1) is 0 Å². The number of pyridine rings is 1. The third-order valence-electron chi connectivity index (χ3n) is 2.71. The normalized spacial score (nSPS) is 10.4. The number of hydrogen-bond donors (Lipinski definition) is 0. The molecule has 2 aromatic heterocycles. The van der Waals surface area contributed by atoms with Gasteiger partial charge in [-0.1, -0.05) is 30.3 Å². The van der Waals surface area contributed by atoms with Crippen LogP contribution in [0.1, 0.15) is 11.4 Å². The highest BCUT2D eigenvalue weighted by Crippen LogP contribution is 2.11. The van der Waals surface area contributed by atoms with E-state index in [-0.39, 0.29) is 0 Å². The molecule has 4 heteroatoms. The monoisotopic (exact) mass is 236 g/mol. The molecular formula is C14H12N4. The molecule has 3 aromatic rings. The Morgan fingerprint density at radius 3 is 2.67 bits per heavy atom. The van der Waals surface area contributed by atoms with Gasteiger partial charge in [0.2, 0.25) is 0 Å². The molecule has 0 amide bonds. The van der Waals surface area contributed by atoms with Crippen molar-refractivity contribution in [3.63, 3.8) is 0 Å². The van der Waals surface area contributed by atoms with Crippen LogP contribution in [0.2, 0.25) is 0 Å². The Morgan fingerprint density at radius 1 is 1.00 bits per heavy atom. The van der Waals surface area contributed by atoms with Gasteiger partial charge in [-0.25, -0.2) is 9.67 Å². The van der Waals surface area contributed by atoms with E-state index in [4.69, 9.17) is 0 Å². The van der Waals surface area contributed by atoms with E-state index in [1.165, 1.54) is 5.56 Å². The fourth-order valence-electron chi connectivity index (χ4n) is 1.86. The second-order valence-electron chi connectivity index (χ2n) is 3.96. The zero-order valence-corrected chi connectivity index (χ0v) is 9.77. The molecule has 18 heavy (non-hydrogen) atoms. The van der Waals surface area contributed by atoms with Gasteiger partial charge in [0.15, 0.2) is 0 Å². The van der Waals surface area contributed by atoms with Gasteiger partial charge in [0.05, 0.1) is 11.9 Å². The fraction of sp³-hybridized carbons (Fsp3) is 0.0714. The Kier molecular flexibility index (Phi) is 2.84. The summed E-state index contributed by atoms with van der Waals surface area (Å²) in [5, 5.41) is 4.25. The van der Waals surface area contributed by atoms with Gasteiger partial charge in [-0.2, -0.15) is 5.10 Å². The minimum Gasteiger partial charge on any atom is -0.262 e. The first kappa shape index (κ1) is 10.7. The van der Waals surface area contributed by atoms with E-state index in [1.54, 1.807) is 18.7 Å². The van der Waals surface area contributed by atoms with Crippen LogP contribution in [0.15, 0.2) is 61.2 Å². The van der Waals surface area contributed by atoms with Crippen LogP contribution in [0.25, 0.3) is 5.69 Å². The average molecular weight is 236 g/mol. The van der Waals surface area contributed by atoms with Gasteiger partial charge >= 0.3 is 0 Å². The van der Waals surface area contributed by atoms with Gasteiger partial charge in [-0.15, -0.1) is 0 Å². The minimum absolute atomic E-state index is 0.760. The molecule has 0 saturated carbocycles. The van der Waals surface area contributed by atoms with Crippen molar-refractivity contribution in [1.29, 1.82) is 0 Å². The number of benzene rings is 1. The van der Waals surface area contributed by atoms with Crippen molar-refractivity contribution in [2.45, 2.75) is 6.42 Å². The standard InChI is InChI=1S/C14H12N4/c1-2-5-12(6-3-1)9-14-16-11-17-18(14)13-7-4-8-15-10-13/h1-8,10-11H,9H2. The molecule has 0 aliphatic rings. The van der Waals surface area contributed by atoms with Crippen molar-refractivity contribution < 1.29 is 0 Å². The van der Waals surface area contributed by atoms with Gasteiger partial charge in [-0.05, 0) is 17.7 Å². The molecule has 1 aromatic carbocycles. The Labute approximate surface area is 105 Å². The van der Waals surface area contributed by atoms with E-state index in [0.717, 1.165) is 17.9 Å². The molecule has 2 heterocycles. The lowest BCUT2D eigenvalue weighted by Gasteiger charge is -2.05. The molecule has 0 fully saturated rings. The topological polar surface area (TPSA) is 43.6 Å². The number of rotatable bonds is 3. The highest BCUT2D eigenvalue weighted by molar-refractivity contribution is 5.29. The van der Waals surface area contributed by atoms with Crippen LogP contribution in [0.3, 0.4) is 0 Å². The highest BCUT2D eigenvalue weighted by atomic mass is 15.3. The summed E-state index contributed by atoms with van der Waals surface area (Å²) in [6.45, 7) is 0. The lowest BCUT2D eigenvalue weighted by atomic mass is 10.1. The maximum absolute atomic E-state index is 4.31. The van der Waals surface area contributed by atoms with E-state index in [2.05, 4.69) is 27.2 Å². The summed E-state index contributed by atoms with van der Waals surface area (Å²) in [4.78, 5) is 8.41. The Bertz CT molecular complexity index is 617. The van der Waals surface area contributed by atoms with Crippen LogP contribution < -0.4 is 0 Å². The van der Waals surface area contributed by atoms with E-state index < -0.39 is 0 Å². The molecule has 0 atom stereocenters. The van der Waals surface area contributed by atoms with Crippen molar-refractivity contribution in [2.75, 3.05) is 0 Å². The summed E-state index contributed by atoms with van der Waals surface area (Å²) in [5.41, 5.74) is 2.15. The smallest absolute Gasteiger partial charge is 0.138 e. The van der Waals surface area contributed by atoms with Crippen molar-refractivity contribution in [3.05, 3.63) is 72.6 Å². The van der Waals surface area contributed by atoms with Gasteiger partial charge < -0.3 is 0 Å². The summed E-state index contributed by atoms with van der Waals surface area (Å²) >= 11 is 0. The van der Waals surface area contributed by atoms with E-state index in [1.807, 2.05) is 35.0 Å². The third-order valence-corrected chi connectivity index (χ3v) is 2.71. The van der Waals surface area contributed by atoms with E-state index in [9.17, 15) is 0 Å². The molecule has 0 spiro atoms. The van der Waals surface area contributed by atoms with Gasteiger partial charge in [0, 0.05) is 12.6 Å². The van der Waals surface area contributed by atoms with Crippen molar-refractivity contribution in [3.8, 4) is 5.69 Å². The number of hydrogen-bond acceptors (Lipinski definition) is 3. The van der Waals surface area contributed by atoms with Crippen molar-refractivity contribution in [2.24, 2.45) is 0 Å². The van der Waals surface area contributed by atoms with Crippen LogP contribution in [0.5, 0.6) is 0 Å². The zero-order valence-electron chi connectivity index (χ0n) is 9.77. The first-order valence-corrected chi connectivity index (χ1v) is 5.77. The zero-order chi connectivity index (χ0) is 12.2.